The van der Waals surface area contributed by atoms with Crippen LogP contribution in [0.3, 0.4) is 0 Å². The number of esters is 1. The van der Waals surface area contributed by atoms with Crippen molar-refractivity contribution in [1.82, 2.24) is 0 Å². The molecule has 0 aromatic carbocycles. The third kappa shape index (κ3) is 14.1. The zero-order chi connectivity index (χ0) is 16.8. The molecule has 1 N–H and O–H groups in total. The van der Waals surface area contributed by atoms with Crippen molar-refractivity contribution in [1.29, 1.82) is 0 Å². The Balaban J connectivity index is 3.47. The van der Waals surface area contributed by atoms with Crippen LogP contribution < -0.4 is 0 Å². The zero-order valence-electron chi connectivity index (χ0n) is 13.7. The Morgan fingerprint density at radius 2 is 1.41 bits per heavy atom. The van der Waals surface area contributed by atoms with Crippen LogP contribution >= 0.6 is 0 Å². The molecule has 0 unspecified atom stereocenters. The smallest absolute Gasteiger partial charge is 0.334 e. The van der Waals surface area contributed by atoms with Gasteiger partial charge in [-0.2, -0.15) is 8.42 Å². The summed E-state index contributed by atoms with van der Waals surface area (Å²) in [6.07, 6.45) is 12.6. The van der Waals surface area contributed by atoms with E-state index in [1.807, 2.05) is 0 Å². The van der Waals surface area contributed by atoms with Gasteiger partial charge in [0.05, 0.1) is 0 Å². The van der Waals surface area contributed by atoms with Gasteiger partial charge in [-0.3, -0.25) is 4.55 Å². The third-order valence-electron chi connectivity index (χ3n) is 3.46. The van der Waals surface area contributed by atoms with Gasteiger partial charge in [0.25, 0.3) is 0 Å². The molecule has 5 nitrogen and oxygen atoms in total. The van der Waals surface area contributed by atoms with Gasteiger partial charge in [-0.25, -0.2) is 4.79 Å². The topological polar surface area (TPSA) is 80.7 Å². The van der Waals surface area contributed by atoms with Crippen molar-refractivity contribution in [2.24, 2.45) is 0 Å². The molecule has 0 fully saturated rings. The number of carbonyl (C=O) groups is 1. The molecule has 130 valence electrons. The maximum absolute atomic E-state index is 11.4. The molecule has 0 radical (unpaired) electrons. The molecule has 0 aliphatic carbocycles. The van der Waals surface area contributed by atoms with Gasteiger partial charge in [-0.1, -0.05) is 71.3 Å². The van der Waals surface area contributed by atoms with Crippen LogP contribution in [0.25, 0.3) is 0 Å². The van der Waals surface area contributed by atoms with Crippen molar-refractivity contribution >= 4 is 16.1 Å². The molecule has 0 spiro atoms. The van der Waals surface area contributed by atoms with Crippen molar-refractivity contribution in [2.75, 3.05) is 5.94 Å². The second-order valence-electron chi connectivity index (χ2n) is 5.67. The molecule has 0 aliphatic heterocycles. The molecule has 0 heterocycles. The molecule has 0 saturated carbocycles. The zero-order valence-corrected chi connectivity index (χ0v) is 14.5. The summed E-state index contributed by atoms with van der Waals surface area (Å²) in [4.78, 5) is 11.4. The summed E-state index contributed by atoms with van der Waals surface area (Å²) in [6.45, 7) is 5.79. The molecule has 0 aromatic rings. The van der Waals surface area contributed by atoms with Crippen LogP contribution in [0.15, 0.2) is 12.2 Å². The van der Waals surface area contributed by atoms with Crippen LogP contribution in [-0.2, 0) is 19.6 Å². The summed E-state index contributed by atoms with van der Waals surface area (Å²) >= 11 is 0. The normalized spacial score (nSPS) is 11.4. The molecule has 0 aliphatic rings. The van der Waals surface area contributed by atoms with E-state index in [2.05, 4.69) is 18.2 Å². The third-order valence-corrected chi connectivity index (χ3v) is 3.88. The number of carbonyl (C=O) groups excluding carboxylic acids is 1. The SMILES string of the molecule is C=C(CCCCCCCCCCCC)C(=O)OCS(=O)(=O)O. The summed E-state index contributed by atoms with van der Waals surface area (Å²) in [5.41, 5.74) is 0.253. The average molecular weight is 334 g/mol. The van der Waals surface area contributed by atoms with E-state index in [1.165, 1.54) is 44.9 Å². The van der Waals surface area contributed by atoms with E-state index < -0.39 is 22.0 Å². The molecule has 0 bridgehead atoms. The summed E-state index contributed by atoms with van der Waals surface area (Å²) < 4.78 is 33.8. The number of hydrogen-bond donors (Lipinski definition) is 1. The second-order valence-corrected chi connectivity index (χ2v) is 7.07. The summed E-state index contributed by atoms with van der Waals surface area (Å²) in [5, 5.41) is 0. The minimum Gasteiger partial charge on any atom is -0.443 e. The fourth-order valence-electron chi connectivity index (χ4n) is 2.16. The van der Waals surface area contributed by atoms with Crippen LogP contribution in [0.2, 0.25) is 0 Å². The van der Waals surface area contributed by atoms with Gasteiger partial charge < -0.3 is 4.74 Å². The van der Waals surface area contributed by atoms with Gasteiger partial charge in [-0.05, 0) is 12.8 Å². The van der Waals surface area contributed by atoms with Crippen LogP contribution in [0.4, 0.5) is 0 Å². The Kier molecular flexibility index (Phi) is 12.1. The molecule has 6 heteroatoms. The highest BCUT2D eigenvalue weighted by molar-refractivity contribution is 7.85. The Morgan fingerprint density at radius 1 is 0.955 bits per heavy atom. The molecular formula is C16H30O5S. The van der Waals surface area contributed by atoms with E-state index in [0.717, 1.165) is 19.3 Å². The molecule has 0 saturated heterocycles. The first-order valence-corrected chi connectivity index (χ1v) is 9.77. The van der Waals surface area contributed by atoms with Crippen molar-refractivity contribution in [3.05, 3.63) is 12.2 Å². The van der Waals surface area contributed by atoms with Crippen LogP contribution in [0.5, 0.6) is 0 Å². The lowest BCUT2D eigenvalue weighted by atomic mass is 10.0. The minimum absolute atomic E-state index is 0.253. The highest BCUT2D eigenvalue weighted by Gasteiger charge is 2.12. The Hall–Kier alpha value is -0.880. The van der Waals surface area contributed by atoms with E-state index in [1.54, 1.807) is 0 Å². The maximum atomic E-state index is 11.4. The monoisotopic (exact) mass is 334 g/mol. The fourth-order valence-corrected chi connectivity index (χ4v) is 2.41. The molecule has 0 rings (SSSR count). The van der Waals surface area contributed by atoms with Gasteiger partial charge in [0.2, 0.25) is 5.94 Å². The molecule has 0 aromatic heterocycles. The largest absolute Gasteiger partial charge is 0.443 e. The summed E-state index contributed by atoms with van der Waals surface area (Å²) in [6, 6.07) is 0. The van der Waals surface area contributed by atoms with E-state index in [4.69, 9.17) is 4.55 Å². The van der Waals surface area contributed by atoms with Gasteiger partial charge in [0.1, 0.15) is 0 Å². The van der Waals surface area contributed by atoms with Crippen LogP contribution in [0, 0.1) is 0 Å². The quantitative estimate of drug-likeness (QED) is 0.222. The number of hydrogen-bond acceptors (Lipinski definition) is 4. The van der Waals surface area contributed by atoms with Crippen molar-refractivity contribution in [3.8, 4) is 0 Å². The Bertz CT molecular complexity index is 414. The van der Waals surface area contributed by atoms with Crippen LogP contribution in [-0.4, -0.2) is 24.9 Å². The molecule has 0 atom stereocenters. The van der Waals surface area contributed by atoms with E-state index in [0.29, 0.717) is 6.42 Å². The number of unbranched alkanes of at least 4 members (excludes halogenated alkanes) is 9. The maximum Gasteiger partial charge on any atom is 0.334 e. The van der Waals surface area contributed by atoms with Gasteiger partial charge >= 0.3 is 16.1 Å². The number of ether oxygens (including phenoxy) is 1. The standard InChI is InChI=1S/C16H30O5S/c1-3-4-5-6-7-8-9-10-11-12-13-15(2)16(17)21-14-22(18,19)20/h2-14H2,1H3,(H,18,19,20). The van der Waals surface area contributed by atoms with Gasteiger partial charge in [0.15, 0.2) is 0 Å². The first kappa shape index (κ1) is 21.1. The lowest BCUT2D eigenvalue weighted by molar-refractivity contribution is -0.137. The average Bonchev–Trinajstić information content (AvgIpc) is 2.45. The van der Waals surface area contributed by atoms with Gasteiger partial charge in [0, 0.05) is 5.57 Å². The highest BCUT2D eigenvalue weighted by Crippen LogP contribution is 2.13. The number of rotatable bonds is 14. The predicted molar refractivity (Wildman–Crippen MR) is 88.1 cm³/mol. The Labute approximate surface area is 134 Å². The van der Waals surface area contributed by atoms with Crippen molar-refractivity contribution in [3.63, 3.8) is 0 Å². The predicted octanol–water partition coefficient (Wildman–Crippen LogP) is 4.24. The lowest BCUT2D eigenvalue weighted by Crippen LogP contribution is -2.14. The summed E-state index contributed by atoms with van der Waals surface area (Å²) in [7, 11) is -4.28. The fraction of sp³-hybridized carbons (Fsp3) is 0.812. The highest BCUT2D eigenvalue weighted by atomic mass is 32.2. The first-order valence-electron chi connectivity index (χ1n) is 8.17. The molecule has 22 heavy (non-hydrogen) atoms. The Morgan fingerprint density at radius 3 is 1.86 bits per heavy atom. The van der Waals surface area contributed by atoms with E-state index in [9.17, 15) is 13.2 Å². The van der Waals surface area contributed by atoms with Crippen molar-refractivity contribution < 1.29 is 22.5 Å². The van der Waals surface area contributed by atoms with Crippen LogP contribution in [0.1, 0.15) is 77.6 Å². The second kappa shape index (κ2) is 12.6. The van der Waals surface area contributed by atoms with Gasteiger partial charge in [-0.15, -0.1) is 0 Å². The molecule has 0 amide bonds. The summed E-state index contributed by atoms with van der Waals surface area (Å²) in [5.74, 6) is -1.77. The minimum atomic E-state index is -4.28. The lowest BCUT2D eigenvalue weighted by Gasteiger charge is -2.06. The first-order chi connectivity index (χ1) is 10.4. The van der Waals surface area contributed by atoms with E-state index in [-0.39, 0.29) is 5.57 Å². The van der Waals surface area contributed by atoms with Crippen molar-refractivity contribution in [2.45, 2.75) is 77.6 Å². The molecular weight excluding hydrogens is 304 g/mol. The van der Waals surface area contributed by atoms with E-state index >= 15 is 0 Å².